The van der Waals surface area contributed by atoms with Crippen molar-refractivity contribution in [1.82, 2.24) is 15.1 Å². The third-order valence-electron chi connectivity index (χ3n) is 1.69. The van der Waals surface area contributed by atoms with Crippen LogP contribution in [0.2, 0.25) is 0 Å². The molecule has 0 amide bonds. The minimum atomic E-state index is 0.545. The van der Waals surface area contributed by atoms with Crippen molar-refractivity contribution in [2.75, 3.05) is 5.32 Å². The van der Waals surface area contributed by atoms with Crippen molar-refractivity contribution in [1.29, 1.82) is 0 Å². The van der Waals surface area contributed by atoms with E-state index in [4.69, 9.17) is 4.52 Å². The normalized spacial score (nSPS) is 10.1. The summed E-state index contributed by atoms with van der Waals surface area (Å²) in [4.78, 5) is 8.19. The zero-order valence-electron chi connectivity index (χ0n) is 7.77. The first-order chi connectivity index (χ1) is 6.84. The lowest BCUT2D eigenvalue weighted by Crippen LogP contribution is -2.02. The highest BCUT2D eigenvalue weighted by Crippen LogP contribution is 2.02. The van der Waals surface area contributed by atoms with E-state index in [9.17, 15) is 0 Å². The molecular formula is C9H10N4O. The number of hydrogen-bond donors (Lipinski definition) is 1. The van der Waals surface area contributed by atoms with Crippen LogP contribution in [0.15, 0.2) is 29.2 Å². The van der Waals surface area contributed by atoms with Crippen molar-refractivity contribution in [2.24, 2.45) is 0 Å². The molecule has 0 bridgehead atoms. The summed E-state index contributed by atoms with van der Waals surface area (Å²) in [5, 5.41) is 6.61. The molecule has 2 heterocycles. The number of nitrogens with one attached hydrogen (secondary N) is 1. The molecule has 2 rings (SSSR count). The predicted octanol–water partition coefficient (Wildman–Crippen LogP) is 1.39. The molecule has 0 aliphatic heterocycles. The molecule has 0 radical (unpaired) electrons. The standard InChI is InChI=1S/C9H10N4O/c1-7-4-10-9(11-5-7)12-6-8-2-3-13-14-8/h2-5H,6H2,1H3,(H,10,11,12). The van der Waals surface area contributed by atoms with E-state index in [2.05, 4.69) is 20.4 Å². The van der Waals surface area contributed by atoms with Gasteiger partial charge in [0.2, 0.25) is 5.95 Å². The molecule has 5 heteroatoms. The largest absolute Gasteiger partial charge is 0.360 e. The van der Waals surface area contributed by atoms with E-state index in [0.29, 0.717) is 12.5 Å². The van der Waals surface area contributed by atoms with Gasteiger partial charge in [-0.05, 0) is 12.5 Å². The first-order valence-electron chi connectivity index (χ1n) is 4.26. The molecule has 0 atom stereocenters. The first kappa shape index (κ1) is 8.68. The van der Waals surface area contributed by atoms with Gasteiger partial charge in [0.05, 0.1) is 12.7 Å². The van der Waals surface area contributed by atoms with Crippen LogP contribution in [0, 0.1) is 6.92 Å². The second-order valence-electron chi connectivity index (χ2n) is 2.92. The summed E-state index contributed by atoms with van der Waals surface area (Å²) < 4.78 is 4.91. The van der Waals surface area contributed by atoms with E-state index >= 15 is 0 Å². The molecule has 0 aliphatic rings. The number of aryl methyl sites for hydroxylation is 1. The van der Waals surface area contributed by atoms with Gasteiger partial charge in [0.1, 0.15) is 0 Å². The zero-order valence-corrected chi connectivity index (χ0v) is 7.77. The van der Waals surface area contributed by atoms with Crippen LogP contribution in [0.5, 0.6) is 0 Å². The summed E-state index contributed by atoms with van der Waals surface area (Å²) in [6.07, 6.45) is 5.12. The van der Waals surface area contributed by atoms with Crippen molar-refractivity contribution in [2.45, 2.75) is 13.5 Å². The molecule has 0 aliphatic carbocycles. The maximum absolute atomic E-state index is 4.91. The van der Waals surface area contributed by atoms with Crippen LogP contribution in [0.4, 0.5) is 5.95 Å². The van der Waals surface area contributed by atoms with Crippen LogP contribution in [0.25, 0.3) is 0 Å². The fourth-order valence-corrected chi connectivity index (χ4v) is 0.983. The zero-order chi connectivity index (χ0) is 9.80. The second kappa shape index (κ2) is 3.87. The van der Waals surface area contributed by atoms with Gasteiger partial charge in [0.25, 0.3) is 0 Å². The second-order valence-corrected chi connectivity index (χ2v) is 2.92. The summed E-state index contributed by atoms with van der Waals surface area (Å²) >= 11 is 0. The molecule has 2 aromatic heterocycles. The lowest BCUT2D eigenvalue weighted by Gasteiger charge is -2.00. The summed E-state index contributed by atoms with van der Waals surface area (Å²) in [7, 11) is 0. The van der Waals surface area contributed by atoms with Crippen LogP contribution in [0.1, 0.15) is 11.3 Å². The Morgan fingerprint density at radius 2 is 2.14 bits per heavy atom. The summed E-state index contributed by atoms with van der Waals surface area (Å²) in [5.41, 5.74) is 1.04. The smallest absolute Gasteiger partial charge is 0.222 e. The Balaban J connectivity index is 1.95. The van der Waals surface area contributed by atoms with Crippen LogP contribution in [0.3, 0.4) is 0 Å². The maximum Gasteiger partial charge on any atom is 0.222 e. The average Bonchev–Trinajstić information content (AvgIpc) is 2.70. The quantitative estimate of drug-likeness (QED) is 0.792. The van der Waals surface area contributed by atoms with Crippen LogP contribution >= 0.6 is 0 Å². The van der Waals surface area contributed by atoms with Crippen molar-refractivity contribution in [3.8, 4) is 0 Å². The molecule has 2 aromatic rings. The molecule has 0 fully saturated rings. The van der Waals surface area contributed by atoms with Gasteiger partial charge in [-0.1, -0.05) is 5.16 Å². The average molecular weight is 190 g/mol. The van der Waals surface area contributed by atoms with Crippen LogP contribution in [-0.2, 0) is 6.54 Å². The van der Waals surface area contributed by atoms with E-state index in [-0.39, 0.29) is 0 Å². The molecule has 0 saturated heterocycles. The van der Waals surface area contributed by atoms with Gasteiger partial charge >= 0.3 is 0 Å². The molecule has 0 unspecified atom stereocenters. The highest BCUT2D eigenvalue weighted by molar-refractivity contribution is 5.24. The molecule has 0 aromatic carbocycles. The molecule has 1 N–H and O–H groups in total. The number of hydrogen-bond acceptors (Lipinski definition) is 5. The summed E-state index contributed by atoms with van der Waals surface area (Å²) in [6, 6.07) is 1.79. The minimum Gasteiger partial charge on any atom is -0.360 e. The van der Waals surface area contributed by atoms with Crippen LogP contribution < -0.4 is 5.32 Å². The fraction of sp³-hybridized carbons (Fsp3) is 0.222. The van der Waals surface area contributed by atoms with Crippen molar-refractivity contribution in [3.05, 3.63) is 36.0 Å². The topological polar surface area (TPSA) is 63.8 Å². The van der Waals surface area contributed by atoms with Crippen molar-refractivity contribution < 1.29 is 4.52 Å². The molecule has 14 heavy (non-hydrogen) atoms. The van der Waals surface area contributed by atoms with E-state index in [1.54, 1.807) is 24.7 Å². The maximum atomic E-state index is 4.91. The van der Waals surface area contributed by atoms with Gasteiger partial charge in [0.15, 0.2) is 5.76 Å². The molecule has 5 nitrogen and oxygen atoms in total. The summed E-state index contributed by atoms with van der Waals surface area (Å²) in [6.45, 7) is 2.49. The van der Waals surface area contributed by atoms with Gasteiger partial charge in [-0.25, -0.2) is 9.97 Å². The highest BCUT2D eigenvalue weighted by atomic mass is 16.5. The molecule has 0 saturated carbocycles. The predicted molar refractivity (Wildman–Crippen MR) is 50.6 cm³/mol. The Bertz CT molecular complexity index is 382. The SMILES string of the molecule is Cc1cnc(NCc2ccno2)nc1. The monoisotopic (exact) mass is 190 g/mol. The Kier molecular flexibility index (Phi) is 2.40. The third-order valence-corrected chi connectivity index (χ3v) is 1.69. The Labute approximate surface area is 81.2 Å². The van der Waals surface area contributed by atoms with E-state index in [1.165, 1.54) is 0 Å². The Hall–Kier alpha value is -1.91. The molecule has 72 valence electrons. The molecular weight excluding hydrogens is 180 g/mol. The minimum absolute atomic E-state index is 0.545. The van der Waals surface area contributed by atoms with Gasteiger partial charge in [-0.3, -0.25) is 0 Å². The van der Waals surface area contributed by atoms with E-state index in [0.717, 1.165) is 11.3 Å². The van der Waals surface area contributed by atoms with Gasteiger partial charge in [0, 0.05) is 18.5 Å². The first-order valence-corrected chi connectivity index (χ1v) is 4.26. The Morgan fingerprint density at radius 1 is 1.36 bits per heavy atom. The van der Waals surface area contributed by atoms with Gasteiger partial charge in [-0.15, -0.1) is 0 Å². The van der Waals surface area contributed by atoms with Gasteiger partial charge < -0.3 is 9.84 Å². The lowest BCUT2D eigenvalue weighted by molar-refractivity contribution is 0.388. The van der Waals surface area contributed by atoms with Gasteiger partial charge in [-0.2, -0.15) is 0 Å². The summed E-state index contributed by atoms with van der Waals surface area (Å²) in [5.74, 6) is 1.35. The lowest BCUT2D eigenvalue weighted by atomic mass is 10.4. The fourth-order valence-electron chi connectivity index (χ4n) is 0.983. The number of nitrogens with zero attached hydrogens (tertiary/aromatic N) is 3. The van der Waals surface area contributed by atoms with E-state index < -0.39 is 0 Å². The Morgan fingerprint density at radius 3 is 2.79 bits per heavy atom. The van der Waals surface area contributed by atoms with Crippen molar-refractivity contribution >= 4 is 5.95 Å². The number of anilines is 1. The van der Waals surface area contributed by atoms with Crippen LogP contribution in [-0.4, -0.2) is 15.1 Å². The molecule has 0 spiro atoms. The van der Waals surface area contributed by atoms with Crippen molar-refractivity contribution in [3.63, 3.8) is 0 Å². The van der Waals surface area contributed by atoms with E-state index in [1.807, 2.05) is 6.92 Å². The number of aromatic nitrogens is 3. The number of rotatable bonds is 3. The third kappa shape index (κ3) is 2.07. The highest BCUT2D eigenvalue weighted by Gasteiger charge is 1.98.